The molecule has 0 spiro atoms. The number of hydrogen-bond acceptors (Lipinski definition) is 1. The summed E-state index contributed by atoms with van der Waals surface area (Å²) in [7, 11) is 0. The molecular formula is C9H17N. The van der Waals surface area contributed by atoms with Crippen LogP contribution >= 0.6 is 0 Å². The molecule has 58 valence electrons. The van der Waals surface area contributed by atoms with Crippen LogP contribution in [0.25, 0.3) is 0 Å². The summed E-state index contributed by atoms with van der Waals surface area (Å²) in [4.78, 5) is 0. The van der Waals surface area contributed by atoms with E-state index in [0.717, 1.165) is 12.5 Å². The molecule has 1 atom stereocenters. The molecule has 1 heterocycles. The molecule has 1 nitrogen and oxygen atoms in total. The molecule has 0 aromatic rings. The van der Waals surface area contributed by atoms with E-state index in [4.69, 9.17) is 0 Å². The highest BCUT2D eigenvalue weighted by atomic mass is 15.2. The van der Waals surface area contributed by atoms with E-state index in [1.165, 1.54) is 12.0 Å². The van der Waals surface area contributed by atoms with Crippen molar-refractivity contribution in [1.29, 1.82) is 0 Å². The number of nitrogens with one attached hydrogen (secondary N) is 1. The van der Waals surface area contributed by atoms with Crippen molar-refractivity contribution in [3.8, 4) is 0 Å². The Hall–Kier alpha value is -0.300. The van der Waals surface area contributed by atoms with Crippen molar-refractivity contribution in [2.75, 3.05) is 6.54 Å². The molecule has 1 fully saturated rings. The van der Waals surface area contributed by atoms with Crippen molar-refractivity contribution >= 4 is 0 Å². The van der Waals surface area contributed by atoms with Crippen molar-refractivity contribution in [2.45, 2.75) is 32.7 Å². The average Bonchev–Trinajstić information content (AvgIpc) is 2.46. The lowest BCUT2D eigenvalue weighted by Gasteiger charge is -2.15. The summed E-state index contributed by atoms with van der Waals surface area (Å²) in [5.41, 5.74) is 1.62. The SMILES string of the molecule is C=C(C)C1(CC(C)C)CN1. The Morgan fingerprint density at radius 2 is 2.20 bits per heavy atom. The van der Waals surface area contributed by atoms with E-state index in [9.17, 15) is 0 Å². The smallest absolute Gasteiger partial charge is 0.0518 e. The van der Waals surface area contributed by atoms with Crippen LogP contribution in [0.1, 0.15) is 27.2 Å². The van der Waals surface area contributed by atoms with E-state index in [1.807, 2.05) is 0 Å². The van der Waals surface area contributed by atoms with Crippen LogP contribution in [0.4, 0.5) is 0 Å². The minimum atomic E-state index is 0.328. The van der Waals surface area contributed by atoms with Crippen molar-refractivity contribution in [3.05, 3.63) is 12.2 Å². The summed E-state index contributed by atoms with van der Waals surface area (Å²) in [5, 5.41) is 3.38. The molecule has 1 aliphatic rings. The van der Waals surface area contributed by atoms with Gasteiger partial charge in [0, 0.05) is 6.54 Å². The van der Waals surface area contributed by atoms with Gasteiger partial charge in [-0.3, -0.25) is 0 Å². The second-order valence-corrected chi connectivity index (χ2v) is 3.81. The van der Waals surface area contributed by atoms with Gasteiger partial charge in [0.2, 0.25) is 0 Å². The maximum absolute atomic E-state index is 3.98. The highest BCUT2D eigenvalue weighted by Crippen LogP contribution is 2.32. The Bertz CT molecular complexity index is 143. The zero-order chi connectivity index (χ0) is 7.78. The van der Waals surface area contributed by atoms with Crippen LogP contribution in [0.15, 0.2) is 12.2 Å². The molecule has 0 bridgehead atoms. The fraction of sp³-hybridized carbons (Fsp3) is 0.778. The molecule has 0 aliphatic carbocycles. The minimum Gasteiger partial charge on any atom is -0.304 e. The maximum Gasteiger partial charge on any atom is 0.0518 e. The molecule has 1 N–H and O–H groups in total. The van der Waals surface area contributed by atoms with Gasteiger partial charge in [-0.2, -0.15) is 0 Å². The normalized spacial score (nSPS) is 30.8. The quantitative estimate of drug-likeness (QED) is 0.468. The summed E-state index contributed by atoms with van der Waals surface area (Å²) >= 11 is 0. The van der Waals surface area contributed by atoms with Crippen LogP contribution in [0.3, 0.4) is 0 Å². The number of rotatable bonds is 3. The predicted molar refractivity (Wildman–Crippen MR) is 45.0 cm³/mol. The van der Waals surface area contributed by atoms with Gasteiger partial charge in [-0.1, -0.05) is 26.0 Å². The Balaban J connectivity index is 2.45. The molecule has 10 heavy (non-hydrogen) atoms. The summed E-state index contributed by atoms with van der Waals surface area (Å²) in [6.07, 6.45) is 1.24. The minimum absolute atomic E-state index is 0.328. The zero-order valence-corrected chi connectivity index (χ0v) is 7.20. The fourth-order valence-electron chi connectivity index (χ4n) is 1.42. The van der Waals surface area contributed by atoms with Gasteiger partial charge < -0.3 is 5.32 Å². The van der Waals surface area contributed by atoms with Gasteiger partial charge in [-0.15, -0.1) is 0 Å². The van der Waals surface area contributed by atoms with Gasteiger partial charge in [0.05, 0.1) is 5.54 Å². The standard InChI is InChI=1S/C9H17N/c1-7(2)5-9(6-10-9)8(3)4/h7,10H,3,5-6H2,1-2,4H3. The third-order valence-electron chi connectivity index (χ3n) is 2.18. The molecule has 0 amide bonds. The van der Waals surface area contributed by atoms with Crippen LogP contribution in [0, 0.1) is 5.92 Å². The summed E-state index contributed by atoms with van der Waals surface area (Å²) in [5.74, 6) is 0.770. The van der Waals surface area contributed by atoms with Crippen LogP contribution < -0.4 is 5.32 Å². The maximum atomic E-state index is 3.98. The second kappa shape index (κ2) is 2.39. The molecule has 1 rings (SSSR count). The van der Waals surface area contributed by atoms with Crippen molar-refractivity contribution in [2.24, 2.45) is 5.92 Å². The molecule has 0 aromatic heterocycles. The van der Waals surface area contributed by atoms with Gasteiger partial charge >= 0.3 is 0 Å². The molecule has 1 heteroatoms. The Kier molecular flexibility index (Phi) is 1.86. The lowest BCUT2D eigenvalue weighted by molar-refractivity contribution is 0.509. The van der Waals surface area contributed by atoms with E-state index in [1.54, 1.807) is 0 Å². The topological polar surface area (TPSA) is 21.9 Å². The van der Waals surface area contributed by atoms with E-state index in [-0.39, 0.29) is 0 Å². The fourth-order valence-corrected chi connectivity index (χ4v) is 1.42. The highest BCUT2D eigenvalue weighted by molar-refractivity contribution is 5.25. The van der Waals surface area contributed by atoms with Gasteiger partial charge in [0.15, 0.2) is 0 Å². The van der Waals surface area contributed by atoms with E-state index >= 15 is 0 Å². The lowest BCUT2D eigenvalue weighted by atomic mass is 9.92. The first kappa shape index (κ1) is 7.80. The first-order valence-corrected chi connectivity index (χ1v) is 3.98. The Labute approximate surface area is 63.5 Å². The van der Waals surface area contributed by atoms with Crippen molar-refractivity contribution in [3.63, 3.8) is 0 Å². The summed E-state index contributed by atoms with van der Waals surface area (Å²) in [6.45, 7) is 11.7. The van der Waals surface area contributed by atoms with Gasteiger partial charge in [-0.25, -0.2) is 0 Å². The number of hydrogen-bond donors (Lipinski definition) is 1. The van der Waals surface area contributed by atoms with Crippen LogP contribution in [-0.4, -0.2) is 12.1 Å². The van der Waals surface area contributed by atoms with Crippen LogP contribution in [0.5, 0.6) is 0 Å². The Morgan fingerprint density at radius 1 is 1.70 bits per heavy atom. The lowest BCUT2D eigenvalue weighted by Crippen LogP contribution is -2.18. The third-order valence-corrected chi connectivity index (χ3v) is 2.18. The largest absolute Gasteiger partial charge is 0.304 e. The summed E-state index contributed by atoms with van der Waals surface area (Å²) < 4.78 is 0. The molecule has 1 unspecified atom stereocenters. The first-order valence-electron chi connectivity index (χ1n) is 3.98. The zero-order valence-electron chi connectivity index (χ0n) is 7.20. The molecule has 1 aliphatic heterocycles. The average molecular weight is 139 g/mol. The molecule has 0 saturated carbocycles. The first-order chi connectivity index (χ1) is 4.57. The monoisotopic (exact) mass is 139 g/mol. The van der Waals surface area contributed by atoms with Gasteiger partial charge in [0.1, 0.15) is 0 Å². The molecule has 0 radical (unpaired) electrons. The second-order valence-electron chi connectivity index (χ2n) is 3.81. The highest BCUT2D eigenvalue weighted by Gasteiger charge is 2.42. The molecule has 1 saturated heterocycles. The predicted octanol–water partition coefficient (Wildman–Crippen LogP) is 1.95. The molecular weight excluding hydrogens is 122 g/mol. The summed E-state index contributed by atoms with van der Waals surface area (Å²) in [6, 6.07) is 0. The van der Waals surface area contributed by atoms with E-state index in [2.05, 4.69) is 32.7 Å². The van der Waals surface area contributed by atoms with Crippen molar-refractivity contribution in [1.82, 2.24) is 5.32 Å². The third kappa shape index (κ3) is 1.40. The van der Waals surface area contributed by atoms with E-state index in [0.29, 0.717) is 5.54 Å². The van der Waals surface area contributed by atoms with Crippen LogP contribution in [0.2, 0.25) is 0 Å². The van der Waals surface area contributed by atoms with Crippen molar-refractivity contribution < 1.29 is 0 Å². The van der Waals surface area contributed by atoms with Gasteiger partial charge in [-0.05, 0) is 19.3 Å². The molecule has 0 aromatic carbocycles. The van der Waals surface area contributed by atoms with Gasteiger partial charge in [0.25, 0.3) is 0 Å². The Morgan fingerprint density at radius 3 is 2.30 bits per heavy atom. The van der Waals surface area contributed by atoms with E-state index < -0.39 is 0 Å². The van der Waals surface area contributed by atoms with Crippen LogP contribution in [-0.2, 0) is 0 Å².